The summed E-state index contributed by atoms with van der Waals surface area (Å²) in [7, 11) is -4.52. The molecule has 0 saturated carbocycles. The Labute approximate surface area is 120 Å². The molecule has 0 fully saturated rings. The molecule has 0 atom stereocenters. The number of hydrogen-bond acceptors (Lipinski definition) is 3. The van der Waals surface area contributed by atoms with Crippen molar-refractivity contribution in [3.05, 3.63) is 29.6 Å². The lowest BCUT2D eigenvalue weighted by Gasteiger charge is -2.25. The lowest BCUT2D eigenvalue weighted by molar-refractivity contribution is 0.383. The molecule has 112 valence electrons. The summed E-state index contributed by atoms with van der Waals surface area (Å²) in [5.41, 5.74) is 5.28. The van der Waals surface area contributed by atoms with Gasteiger partial charge in [-0.05, 0) is 13.8 Å². The lowest BCUT2D eigenvalue weighted by Crippen LogP contribution is -2.42. The molecule has 0 heterocycles. The van der Waals surface area contributed by atoms with Gasteiger partial charge in [-0.15, -0.1) is 0 Å². The summed E-state index contributed by atoms with van der Waals surface area (Å²) in [5.74, 6) is -4.21. The van der Waals surface area contributed by atoms with Gasteiger partial charge < -0.3 is 5.73 Å². The van der Waals surface area contributed by atoms with Crippen LogP contribution in [0.1, 0.15) is 13.8 Å². The molecule has 20 heavy (non-hydrogen) atoms. The van der Waals surface area contributed by atoms with Crippen LogP contribution in [0, 0.1) is 17.5 Å². The first-order chi connectivity index (χ1) is 9.07. The Morgan fingerprint density at radius 3 is 2.10 bits per heavy atom. The molecule has 0 amide bonds. The van der Waals surface area contributed by atoms with Gasteiger partial charge in [-0.2, -0.15) is 4.31 Å². The number of halogens is 3. The van der Waals surface area contributed by atoms with E-state index >= 15 is 0 Å². The van der Waals surface area contributed by atoms with E-state index in [1.54, 1.807) is 0 Å². The van der Waals surface area contributed by atoms with Crippen molar-refractivity contribution in [1.82, 2.24) is 4.31 Å². The van der Waals surface area contributed by atoms with Gasteiger partial charge >= 0.3 is 0 Å². The van der Waals surface area contributed by atoms with Crippen LogP contribution in [0.2, 0.25) is 0 Å². The molecule has 1 rings (SSSR count). The normalized spacial score (nSPS) is 12.2. The molecule has 0 aliphatic rings. The summed E-state index contributed by atoms with van der Waals surface area (Å²) in [6.45, 7) is 2.62. The van der Waals surface area contributed by atoms with Crippen LogP contribution in [-0.4, -0.2) is 30.3 Å². The summed E-state index contributed by atoms with van der Waals surface area (Å²) in [5, 5.41) is 0. The highest BCUT2D eigenvalue weighted by molar-refractivity contribution is 7.89. The van der Waals surface area contributed by atoms with Crippen LogP contribution in [0.3, 0.4) is 0 Å². The molecule has 4 nitrogen and oxygen atoms in total. The van der Waals surface area contributed by atoms with Gasteiger partial charge in [0, 0.05) is 18.2 Å². The number of sulfonamides is 1. The summed E-state index contributed by atoms with van der Waals surface area (Å²) in [4.78, 5) is -1.37. The van der Waals surface area contributed by atoms with Crippen molar-refractivity contribution in [3.63, 3.8) is 0 Å². The van der Waals surface area contributed by atoms with E-state index in [1.165, 1.54) is 13.8 Å². The number of nitrogens with zero attached hydrogens (tertiary/aromatic N) is 1. The molecule has 0 aliphatic carbocycles. The highest BCUT2D eigenvalue weighted by Gasteiger charge is 2.33. The zero-order valence-electron chi connectivity index (χ0n) is 10.7. The minimum absolute atomic E-state index is 0.148. The minimum atomic E-state index is -4.52. The number of nitrogens with two attached hydrogens (primary N) is 1. The molecule has 0 saturated heterocycles. The maximum atomic E-state index is 13.6. The third-order valence-corrected chi connectivity index (χ3v) is 4.62. The fourth-order valence-electron chi connectivity index (χ4n) is 1.59. The van der Waals surface area contributed by atoms with Gasteiger partial charge in [0.1, 0.15) is 17.5 Å². The average molecular weight is 326 g/mol. The van der Waals surface area contributed by atoms with Gasteiger partial charge in [0.15, 0.2) is 4.90 Å². The first-order valence-corrected chi connectivity index (χ1v) is 7.37. The monoisotopic (exact) mass is 326 g/mol. The Kier molecular flexibility index (Phi) is 5.11. The SMILES string of the molecule is CC(C)N(CC(N)=S)S(=O)(=O)c1c(F)cc(F)cc1F. The number of thiocarbonyl (C=S) groups is 1. The summed E-state index contributed by atoms with van der Waals surface area (Å²) in [6.07, 6.45) is 0. The second kappa shape index (κ2) is 6.06. The van der Waals surface area contributed by atoms with Crippen molar-refractivity contribution < 1.29 is 21.6 Å². The second-order valence-electron chi connectivity index (χ2n) is 4.31. The zero-order chi connectivity index (χ0) is 15.7. The molecule has 0 bridgehead atoms. The number of rotatable bonds is 5. The fourth-order valence-corrected chi connectivity index (χ4v) is 3.52. The van der Waals surface area contributed by atoms with Crippen LogP contribution in [0.25, 0.3) is 0 Å². The third kappa shape index (κ3) is 3.47. The van der Waals surface area contributed by atoms with Crippen molar-refractivity contribution in [3.8, 4) is 0 Å². The van der Waals surface area contributed by atoms with Gasteiger partial charge in [0.2, 0.25) is 10.0 Å². The van der Waals surface area contributed by atoms with E-state index in [9.17, 15) is 21.6 Å². The topological polar surface area (TPSA) is 63.4 Å². The minimum Gasteiger partial charge on any atom is -0.392 e. The second-order valence-corrected chi connectivity index (χ2v) is 6.66. The van der Waals surface area contributed by atoms with Crippen molar-refractivity contribution in [2.75, 3.05) is 6.54 Å². The first kappa shape index (κ1) is 16.9. The van der Waals surface area contributed by atoms with E-state index in [4.69, 9.17) is 5.73 Å². The Hall–Kier alpha value is -1.19. The maximum absolute atomic E-state index is 13.6. The molecule has 0 radical (unpaired) electrons. The van der Waals surface area contributed by atoms with E-state index in [-0.39, 0.29) is 11.5 Å². The molecule has 9 heteroatoms. The molecule has 2 N–H and O–H groups in total. The molecular formula is C11H13F3N2O2S2. The van der Waals surface area contributed by atoms with Gasteiger partial charge in [0.05, 0.1) is 11.5 Å². The Bertz CT molecular complexity index is 610. The fraction of sp³-hybridized carbons (Fsp3) is 0.364. The predicted octanol–water partition coefficient (Wildman–Crippen LogP) is 1.79. The van der Waals surface area contributed by atoms with E-state index in [0.29, 0.717) is 12.1 Å². The van der Waals surface area contributed by atoms with E-state index < -0.39 is 38.4 Å². The van der Waals surface area contributed by atoms with E-state index in [1.807, 2.05) is 0 Å². The summed E-state index contributed by atoms with van der Waals surface area (Å²) in [6, 6.07) is -0.0323. The molecule has 0 aliphatic heterocycles. The molecule has 0 unspecified atom stereocenters. The quantitative estimate of drug-likeness (QED) is 0.838. The lowest BCUT2D eigenvalue weighted by atomic mass is 10.3. The predicted molar refractivity (Wildman–Crippen MR) is 72.1 cm³/mol. The van der Waals surface area contributed by atoms with Crippen molar-refractivity contribution in [1.29, 1.82) is 0 Å². The average Bonchev–Trinajstić information content (AvgIpc) is 2.22. The van der Waals surface area contributed by atoms with E-state index in [0.717, 1.165) is 4.31 Å². The highest BCUT2D eigenvalue weighted by Crippen LogP contribution is 2.25. The number of hydrogen-bond donors (Lipinski definition) is 1. The largest absolute Gasteiger partial charge is 0.392 e. The summed E-state index contributed by atoms with van der Waals surface area (Å²) < 4.78 is 65.4. The van der Waals surface area contributed by atoms with Crippen LogP contribution in [-0.2, 0) is 10.0 Å². The van der Waals surface area contributed by atoms with Crippen molar-refractivity contribution in [2.45, 2.75) is 24.8 Å². The van der Waals surface area contributed by atoms with Crippen LogP contribution in [0.4, 0.5) is 13.2 Å². The van der Waals surface area contributed by atoms with Crippen LogP contribution in [0.5, 0.6) is 0 Å². The molecule has 0 aromatic heterocycles. The smallest absolute Gasteiger partial charge is 0.249 e. The maximum Gasteiger partial charge on any atom is 0.249 e. The van der Waals surface area contributed by atoms with Crippen LogP contribution in [0.15, 0.2) is 17.0 Å². The highest BCUT2D eigenvalue weighted by atomic mass is 32.2. The molecular weight excluding hydrogens is 313 g/mol. The van der Waals surface area contributed by atoms with Crippen molar-refractivity contribution in [2.24, 2.45) is 5.73 Å². The Balaban J connectivity index is 3.45. The zero-order valence-corrected chi connectivity index (χ0v) is 12.4. The van der Waals surface area contributed by atoms with Gasteiger partial charge in [0.25, 0.3) is 0 Å². The number of benzene rings is 1. The molecule has 1 aromatic carbocycles. The Morgan fingerprint density at radius 1 is 1.30 bits per heavy atom. The first-order valence-electron chi connectivity index (χ1n) is 5.52. The van der Waals surface area contributed by atoms with Gasteiger partial charge in [-0.1, -0.05) is 12.2 Å². The molecule has 1 aromatic rings. The van der Waals surface area contributed by atoms with Gasteiger partial charge in [-0.3, -0.25) is 0 Å². The van der Waals surface area contributed by atoms with Crippen LogP contribution < -0.4 is 5.73 Å². The standard InChI is InChI=1S/C11H13F3N2O2S2/c1-6(2)16(5-10(15)19)20(17,18)11-8(13)3-7(12)4-9(11)14/h3-4,6H,5H2,1-2H3,(H2,15,19). The molecule has 0 spiro atoms. The third-order valence-electron chi connectivity index (χ3n) is 2.42. The summed E-state index contributed by atoms with van der Waals surface area (Å²) >= 11 is 4.62. The Morgan fingerprint density at radius 2 is 1.75 bits per heavy atom. The van der Waals surface area contributed by atoms with E-state index in [2.05, 4.69) is 12.2 Å². The van der Waals surface area contributed by atoms with Crippen molar-refractivity contribution >= 4 is 27.2 Å². The van der Waals surface area contributed by atoms with Gasteiger partial charge in [-0.25, -0.2) is 21.6 Å². The van der Waals surface area contributed by atoms with Crippen LogP contribution >= 0.6 is 12.2 Å².